The minimum Gasteiger partial charge on any atom is -0.378 e. The number of aromatic nitrogens is 3. The quantitative estimate of drug-likeness (QED) is 0.719. The van der Waals surface area contributed by atoms with Crippen molar-refractivity contribution in [3.8, 4) is 0 Å². The van der Waals surface area contributed by atoms with Gasteiger partial charge in [0, 0.05) is 46.2 Å². The van der Waals surface area contributed by atoms with E-state index in [-0.39, 0.29) is 5.91 Å². The van der Waals surface area contributed by atoms with Crippen LogP contribution in [0.2, 0.25) is 0 Å². The van der Waals surface area contributed by atoms with Crippen LogP contribution in [0.4, 0.5) is 11.8 Å². The zero-order valence-electron chi connectivity index (χ0n) is 12.2. The maximum Gasteiger partial charge on any atom is 0.247 e. The summed E-state index contributed by atoms with van der Waals surface area (Å²) in [5.41, 5.74) is 0. The van der Waals surface area contributed by atoms with E-state index >= 15 is 0 Å². The Morgan fingerprint density at radius 1 is 1.10 bits per heavy atom. The van der Waals surface area contributed by atoms with Crippen molar-refractivity contribution in [3.63, 3.8) is 0 Å². The number of anilines is 2. The molecule has 0 aromatic carbocycles. The van der Waals surface area contributed by atoms with Crippen LogP contribution in [0.25, 0.3) is 0 Å². The van der Waals surface area contributed by atoms with Gasteiger partial charge in [-0.05, 0) is 0 Å². The number of ether oxygens (including phenoxy) is 1. The van der Waals surface area contributed by atoms with Crippen molar-refractivity contribution >= 4 is 17.7 Å². The summed E-state index contributed by atoms with van der Waals surface area (Å²) in [4.78, 5) is 22.1. The van der Waals surface area contributed by atoms with Crippen LogP contribution in [0.15, 0.2) is 6.20 Å². The van der Waals surface area contributed by atoms with Crippen LogP contribution < -0.4 is 9.80 Å². The van der Waals surface area contributed by atoms with Gasteiger partial charge in [0.05, 0.1) is 19.4 Å². The smallest absolute Gasteiger partial charge is 0.247 e. The SMILES string of the molecule is CC(=O)N1CCN(c2cnnc(N3CCOCC3)n2)CC1. The summed E-state index contributed by atoms with van der Waals surface area (Å²) < 4.78 is 5.34. The highest BCUT2D eigenvalue weighted by Crippen LogP contribution is 2.16. The predicted molar refractivity (Wildman–Crippen MR) is 77.3 cm³/mol. The van der Waals surface area contributed by atoms with E-state index in [0.717, 1.165) is 45.1 Å². The fourth-order valence-electron chi connectivity index (χ4n) is 2.59. The van der Waals surface area contributed by atoms with Gasteiger partial charge in [0.2, 0.25) is 11.9 Å². The molecule has 1 aromatic heterocycles. The third kappa shape index (κ3) is 3.21. The van der Waals surface area contributed by atoms with Crippen LogP contribution in [0.3, 0.4) is 0 Å². The van der Waals surface area contributed by atoms with Crippen LogP contribution >= 0.6 is 0 Å². The Morgan fingerprint density at radius 2 is 1.81 bits per heavy atom. The van der Waals surface area contributed by atoms with E-state index in [1.807, 2.05) is 4.90 Å². The fraction of sp³-hybridized carbons (Fsp3) is 0.692. The minimum atomic E-state index is 0.129. The highest BCUT2D eigenvalue weighted by molar-refractivity contribution is 5.73. The van der Waals surface area contributed by atoms with Gasteiger partial charge in [-0.25, -0.2) is 0 Å². The maximum absolute atomic E-state index is 11.4. The van der Waals surface area contributed by atoms with Crippen molar-refractivity contribution in [3.05, 3.63) is 6.20 Å². The largest absolute Gasteiger partial charge is 0.378 e. The summed E-state index contributed by atoms with van der Waals surface area (Å²) in [5, 5.41) is 8.19. The average Bonchev–Trinajstić information content (AvgIpc) is 2.56. The molecule has 0 radical (unpaired) electrons. The Morgan fingerprint density at radius 3 is 2.48 bits per heavy atom. The molecule has 2 aliphatic rings. The summed E-state index contributed by atoms with van der Waals surface area (Å²) in [6.07, 6.45) is 1.69. The average molecular weight is 292 g/mol. The van der Waals surface area contributed by atoms with Gasteiger partial charge in [-0.2, -0.15) is 10.1 Å². The molecule has 0 aliphatic carbocycles. The predicted octanol–water partition coefficient (Wildman–Crippen LogP) is -0.623. The lowest BCUT2D eigenvalue weighted by Gasteiger charge is -2.35. The monoisotopic (exact) mass is 292 g/mol. The van der Waals surface area contributed by atoms with E-state index in [9.17, 15) is 4.79 Å². The third-order valence-electron chi connectivity index (χ3n) is 3.88. The molecular formula is C13H20N6O2. The molecule has 0 unspecified atom stereocenters. The summed E-state index contributed by atoms with van der Waals surface area (Å²) >= 11 is 0. The highest BCUT2D eigenvalue weighted by Gasteiger charge is 2.21. The Balaban J connectivity index is 1.67. The molecule has 2 fully saturated rings. The van der Waals surface area contributed by atoms with Gasteiger partial charge >= 0.3 is 0 Å². The zero-order valence-corrected chi connectivity index (χ0v) is 12.2. The van der Waals surface area contributed by atoms with Crippen LogP contribution in [0.5, 0.6) is 0 Å². The topological polar surface area (TPSA) is 74.7 Å². The second kappa shape index (κ2) is 6.21. The second-order valence-corrected chi connectivity index (χ2v) is 5.21. The van der Waals surface area contributed by atoms with Crippen molar-refractivity contribution in [2.24, 2.45) is 0 Å². The van der Waals surface area contributed by atoms with Crippen LogP contribution in [-0.2, 0) is 9.53 Å². The van der Waals surface area contributed by atoms with E-state index in [0.29, 0.717) is 19.2 Å². The first-order valence-corrected chi connectivity index (χ1v) is 7.27. The van der Waals surface area contributed by atoms with E-state index in [1.54, 1.807) is 13.1 Å². The lowest BCUT2D eigenvalue weighted by atomic mass is 10.3. The Hall–Kier alpha value is -1.96. The molecular weight excluding hydrogens is 272 g/mol. The standard InChI is InChI=1S/C13H20N6O2/c1-11(20)17-2-4-18(5-3-17)12-10-14-16-13(15-12)19-6-8-21-9-7-19/h10H,2-9H2,1H3. The summed E-state index contributed by atoms with van der Waals surface area (Å²) in [6.45, 7) is 7.61. The maximum atomic E-state index is 11.4. The Bertz CT molecular complexity index is 497. The molecule has 8 nitrogen and oxygen atoms in total. The normalized spacial score (nSPS) is 19.8. The van der Waals surface area contributed by atoms with E-state index in [1.165, 1.54) is 0 Å². The van der Waals surface area contributed by atoms with Crippen molar-refractivity contribution in [1.82, 2.24) is 20.1 Å². The van der Waals surface area contributed by atoms with Crippen molar-refractivity contribution in [1.29, 1.82) is 0 Å². The van der Waals surface area contributed by atoms with Gasteiger partial charge in [-0.3, -0.25) is 4.79 Å². The van der Waals surface area contributed by atoms with Gasteiger partial charge < -0.3 is 19.4 Å². The summed E-state index contributed by atoms with van der Waals surface area (Å²) in [5.74, 6) is 1.61. The fourth-order valence-corrected chi connectivity index (χ4v) is 2.59. The van der Waals surface area contributed by atoms with E-state index in [2.05, 4.69) is 25.0 Å². The van der Waals surface area contributed by atoms with Crippen molar-refractivity contribution in [2.75, 3.05) is 62.3 Å². The van der Waals surface area contributed by atoms with Gasteiger partial charge in [0.1, 0.15) is 0 Å². The van der Waals surface area contributed by atoms with Crippen LogP contribution in [-0.4, -0.2) is 78.5 Å². The molecule has 21 heavy (non-hydrogen) atoms. The zero-order chi connectivity index (χ0) is 14.7. The first kappa shape index (κ1) is 14.0. The molecule has 114 valence electrons. The molecule has 0 saturated carbocycles. The number of amides is 1. The molecule has 0 atom stereocenters. The summed E-state index contributed by atoms with van der Waals surface area (Å²) in [7, 11) is 0. The van der Waals surface area contributed by atoms with Gasteiger partial charge in [-0.15, -0.1) is 5.10 Å². The second-order valence-electron chi connectivity index (χ2n) is 5.21. The number of hydrogen-bond donors (Lipinski definition) is 0. The van der Waals surface area contributed by atoms with Gasteiger partial charge in [0.25, 0.3) is 0 Å². The van der Waals surface area contributed by atoms with E-state index < -0.39 is 0 Å². The number of carbonyl (C=O) groups is 1. The molecule has 1 amide bonds. The molecule has 1 aromatic rings. The first-order chi connectivity index (χ1) is 10.2. The Kier molecular flexibility index (Phi) is 4.14. The molecule has 2 aliphatic heterocycles. The third-order valence-corrected chi connectivity index (χ3v) is 3.88. The molecule has 2 saturated heterocycles. The number of piperazine rings is 1. The Labute approximate surface area is 123 Å². The van der Waals surface area contributed by atoms with Crippen LogP contribution in [0.1, 0.15) is 6.92 Å². The van der Waals surface area contributed by atoms with Gasteiger partial charge in [-0.1, -0.05) is 0 Å². The number of hydrogen-bond acceptors (Lipinski definition) is 7. The van der Waals surface area contributed by atoms with Crippen molar-refractivity contribution in [2.45, 2.75) is 6.92 Å². The summed E-state index contributed by atoms with van der Waals surface area (Å²) in [6, 6.07) is 0. The molecule has 8 heteroatoms. The molecule has 3 heterocycles. The molecule has 0 bridgehead atoms. The number of rotatable bonds is 2. The van der Waals surface area contributed by atoms with Crippen LogP contribution in [0, 0.1) is 0 Å². The lowest BCUT2D eigenvalue weighted by molar-refractivity contribution is -0.129. The minimum absolute atomic E-state index is 0.129. The highest BCUT2D eigenvalue weighted by atomic mass is 16.5. The molecule has 0 spiro atoms. The van der Waals surface area contributed by atoms with E-state index in [4.69, 9.17) is 4.74 Å². The molecule has 3 rings (SSSR count). The number of carbonyl (C=O) groups excluding carboxylic acids is 1. The first-order valence-electron chi connectivity index (χ1n) is 7.27. The van der Waals surface area contributed by atoms with Gasteiger partial charge in [0.15, 0.2) is 5.82 Å². The van der Waals surface area contributed by atoms with Crippen molar-refractivity contribution < 1.29 is 9.53 Å². The molecule has 0 N–H and O–H groups in total. The number of nitrogens with zero attached hydrogens (tertiary/aromatic N) is 6. The number of morpholine rings is 1. The lowest BCUT2D eigenvalue weighted by Crippen LogP contribution is -2.48.